The van der Waals surface area contributed by atoms with Crippen molar-refractivity contribution in [3.05, 3.63) is 87.4 Å². The highest BCUT2D eigenvalue weighted by Crippen LogP contribution is 2.28. The number of amides is 1. The molecule has 0 aliphatic rings. The quantitative estimate of drug-likeness (QED) is 0.379. The highest BCUT2D eigenvalue weighted by molar-refractivity contribution is 6.42. The molecule has 8 heteroatoms. The zero-order valence-electron chi connectivity index (χ0n) is 18.8. The maximum atomic E-state index is 12.4. The lowest BCUT2D eigenvalue weighted by Crippen LogP contribution is -2.24. The summed E-state index contributed by atoms with van der Waals surface area (Å²) in [5.41, 5.74) is 1.29. The summed E-state index contributed by atoms with van der Waals surface area (Å²) in [7, 11) is 0. The molecular weight excluding hydrogens is 475 g/mol. The molecule has 0 aliphatic carbocycles. The molecule has 1 N–H and O–H groups in total. The first kappa shape index (κ1) is 25.1. The van der Waals surface area contributed by atoms with E-state index in [1.807, 2.05) is 0 Å². The number of nitrogens with zero attached hydrogens (tertiary/aromatic N) is 1. The van der Waals surface area contributed by atoms with Crippen LogP contribution in [0.5, 0.6) is 11.5 Å². The van der Waals surface area contributed by atoms with Gasteiger partial charge in [0.05, 0.1) is 22.0 Å². The van der Waals surface area contributed by atoms with Crippen molar-refractivity contribution in [2.45, 2.75) is 32.8 Å². The van der Waals surface area contributed by atoms with E-state index in [-0.39, 0.29) is 23.9 Å². The summed E-state index contributed by atoms with van der Waals surface area (Å²) in [6.45, 7) is 5.39. The van der Waals surface area contributed by atoms with Crippen LogP contribution in [0.4, 0.5) is 5.69 Å². The van der Waals surface area contributed by atoms with E-state index in [1.54, 1.807) is 75.4 Å². The minimum Gasteiger partial charge on any atom is -0.460 e. The van der Waals surface area contributed by atoms with Crippen molar-refractivity contribution >= 4 is 40.8 Å². The lowest BCUT2D eigenvalue weighted by atomic mass is 10.1. The van der Waals surface area contributed by atoms with Gasteiger partial charge < -0.3 is 14.8 Å². The molecule has 0 fully saturated rings. The lowest BCUT2D eigenvalue weighted by Gasteiger charge is -2.19. The number of benzene rings is 3. The molecule has 3 aromatic carbocycles. The van der Waals surface area contributed by atoms with Crippen LogP contribution in [-0.2, 0) is 16.0 Å². The predicted octanol–water partition coefficient (Wildman–Crippen LogP) is 6.79. The molecule has 34 heavy (non-hydrogen) atoms. The van der Waals surface area contributed by atoms with E-state index in [0.717, 1.165) is 0 Å². The minimum atomic E-state index is -0.578. The summed E-state index contributed by atoms with van der Waals surface area (Å²) in [5, 5.41) is 13.0. The van der Waals surface area contributed by atoms with Gasteiger partial charge in [-0.25, -0.2) is 0 Å². The topological polar surface area (TPSA) is 88.4 Å². The Labute approximate surface area is 208 Å². The molecule has 0 atom stereocenters. The Kier molecular flexibility index (Phi) is 7.83. The van der Waals surface area contributed by atoms with Crippen molar-refractivity contribution in [1.82, 2.24) is 0 Å². The SMILES string of the molecule is CC(C)(C)OC(=O)Cc1ccc(Oc2ccc(NC(=O)c3ccc(Cl)c(Cl)c3)cc2)c(C#N)c1. The Morgan fingerprint density at radius 3 is 2.29 bits per heavy atom. The molecule has 0 spiro atoms. The molecule has 0 aromatic heterocycles. The third-order valence-corrected chi connectivity index (χ3v) is 5.19. The van der Waals surface area contributed by atoms with Gasteiger partial charge in [0.25, 0.3) is 5.91 Å². The Morgan fingerprint density at radius 2 is 1.68 bits per heavy atom. The fraction of sp³-hybridized carbons (Fsp3) is 0.192. The maximum absolute atomic E-state index is 12.4. The van der Waals surface area contributed by atoms with Crippen molar-refractivity contribution < 1.29 is 19.1 Å². The molecular formula is C26H22Cl2N2O4. The molecule has 0 unspecified atom stereocenters. The van der Waals surface area contributed by atoms with Crippen LogP contribution in [0, 0.1) is 11.3 Å². The third-order valence-electron chi connectivity index (χ3n) is 4.45. The van der Waals surface area contributed by atoms with E-state index >= 15 is 0 Å². The van der Waals surface area contributed by atoms with Gasteiger partial charge in [-0.05, 0) is 80.9 Å². The van der Waals surface area contributed by atoms with Crippen molar-refractivity contribution in [2.75, 3.05) is 5.32 Å². The molecule has 0 radical (unpaired) electrons. The summed E-state index contributed by atoms with van der Waals surface area (Å²) >= 11 is 11.9. The highest BCUT2D eigenvalue weighted by atomic mass is 35.5. The summed E-state index contributed by atoms with van der Waals surface area (Å²) in [4.78, 5) is 24.5. The number of halogens is 2. The fourth-order valence-corrected chi connectivity index (χ4v) is 3.28. The van der Waals surface area contributed by atoms with Gasteiger partial charge in [0.1, 0.15) is 23.2 Å². The van der Waals surface area contributed by atoms with Gasteiger partial charge in [-0.1, -0.05) is 29.3 Å². The second-order valence-corrected chi connectivity index (χ2v) is 9.23. The Hall–Kier alpha value is -3.53. The number of hydrogen-bond acceptors (Lipinski definition) is 5. The molecule has 6 nitrogen and oxygen atoms in total. The Bertz CT molecular complexity index is 1260. The molecule has 3 rings (SSSR count). The first-order valence-electron chi connectivity index (χ1n) is 10.3. The van der Waals surface area contributed by atoms with E-state index in [9.17, 15) is 14.9 Å². The van der Waals surface area contributed by atoms with Crippen LogP contribution < -0.4 is 10.1 Å². The van der Waals surface area contributed by atoms with Gasteiger partial charge in [0, 0.05) is 11.3 Å². The number of rotatable bonds is 6. The minimum absolute atomic E-state index is 0.0550. The zero-order chi connectivity index (χ0) is 24.9. The van der Waals surface area contributed by atoms with Gasteiger partial charge in [-0.2, -0.15) is 5.26 Å². The van der Waals surface area contributed by atoms with E-state index in [0.29, 0.717) is 38.4 Å². The van der Waals surface area contributed by atoms with E-state index in [2.05, 4.69) is 11.4 Å². The highest BCUT2D eigenvalue weighted by Gasteiger charge is 2.17. The van der Waals surface area contributed by atoms with Crippen LogP contribution in [0.15, 0.2) is 60.7 Å². The fourth-order valence-electron chi connectivity index (χ4n) is 2.98. The van der Waals surface area contributed by atoms with E-state index < -0.39 is 5.60 Å². The van der Waals surface area contributed by atoms with Crippen LogP contribution in [0.25, 0.3) is 0 Å². The number of esters is 1. The van der Waals surface area contributed by atoms with Crippen LogP contribution in [-0.4, -0.2) is 17.5 Å². The molecule has 0 bridgehead atoms. The molecule has 174 valence electrons. The summed E-state index contributed by atoms with van der Waals surface area (Å²) < 4.78 is 11.2. The summed E-state index contributed by atoms with van der Waals surface area (Å²) in [6, 6.07) is 18.4. The number of hydrogen-bond donors (Lipinski definition) is 1. The first-order chi connectivity index (χ1) is 16.0. The molecule has 0 saturated heterocycles. The lowest BCUT2D eigenvalue weighted by molar-refractivity contribution is -0.153. The van der Waals surface area contributed by atoms with Gasteiger partial charge >= 0.3 is 5.97 Å². The van der Waals surface area contributed by atoms with Gasteiger partial charge in [0.15, 0.2) is 0 Å². The van der Waals surface area contributed by atoms with Gasteiger partial charge in [-0.3, -0.25) is 9.59 Å². The molecule has 3 aromatic rings. The number of carbonyl (C=O) groups excluding carboxylic acids is 2. The smallest absolute Gasteiger partial charge is 0.310 e. The molecule has 0 heterocycles. The Balaban J connectivity index is 1.66. The van der Waals surface area contributed by atoms with Crippen molar-refractivity contribution in [3.63, 3.8) is 0 Å². The van der Waals surface area contributed by atoms with Crippen molar-refractivity contribution in [2.24, 2.45) is 0 Å². The second-order valence-electron chi connectivity index (χ2n) is 8.41. The third kappa shape index (κ3) is 6.98. The monoisotopic (exact) mass is 496 g/mol. The van der Waals surface area contributed by atoms with Gasteiger partial charge in [-0.15, -0.1) is 0 Å². The maximum Gasteiger partial charge on any atom is 0.310 e. The normalized spacial score (nSPS) is 10.8. The van der Waals surface area contributed by atoms with Crippen LogP contribution in [0.2, 0.25) is 10.0 Å². The molecule has 1 amide bonds. The van der Waals surface area contributed by atoms with Crippen LogP contribution >= 0.6 is 23.2 Å². The average Bonchev–Trinajstić information content (AvgIpc) is 2.76. The van der Waals surface area contributed by atoms with Crippen LogP contribution in [0.3, 0.4) is 0 Å². The number of nitriles is 1. The second kappa shape index (κ2) is 10.6. The zero-order valence-corrected chi connectivity index (χ0v) is 20.3. The number of nitrogens with one attached hydrogen (secondary N) is 1. The standard InChI is InChI=1S/C26H22Cl2N2O4/c1-26(2,3)34-24(31)13-16-4-11-23(18(12-16)15-29)33-20-8-6-19(7-9-20)30-25(32)17-5-10-21(27)22(28)14-17/h4-12,14H,13H2,1-3H3,(H,30,32). The van der Waals surface area contributed by atoms with Crippen LogP contribution in [0.1, 0.15) is 42.3 Å². The number of ether oxygens (including phenoxy) is 2. The number of anilines is 1. The van der Waals surface area contributed by atoms with Gasteiger partial charge in [0.2, 0.25) is 0 Å². The van der Waals surface area contributed by atoms with E-state index in [1.165, 1.54) is 6.07 Å². The molecule has 0 aliphatic heterocycles. The molecule has 0 saturated carbocycles. The first-order valence-corrected chi connectivity index (χ1v) is 11.1. The summed E-state index contributed by atoms with van der Waals surface area (Å²) in [5.74, 6) is 0.120. The number of carbonyl (C=O) groups is 2. The Morgan fingerprint density at radius 1 is 0.971 bits per heavy atom. The predicted molar refractivity (Wildman–Crippen MR) is 132 cm³/mol. The average molecular weight is 497 g/mol. The van der Waals surface area contributed by atoms with E-state index in [4.69, 9.17) is 32.7 Å². The van der Waals surface area contributed by atoms with Crippen molar-refractivity contribution in [3.8, 4) is 17.6 Å². The van der Waals surface area contributed by atoms with Crippen molar-refractivity contribution in [1.29, 1.82) is 5.26 Å². The largest absolute Gasteiger partial charge is 0.460 e. The summed E-state index contributed by atoms with van der Waals surface area (Å²) in [6.07, 6.45) is 0.0550.